The van der Waals surface area contributed by atoms with Crippen LogP contribution in [0.25, 0.3) is 32.7 Å². The number of rotatable bonds is 2. The van der Waals surface area contributed by atoms with Gasteiger partial charge in [-0.15, -0.1) is 0 Å². The van der Waals surface area contributed by atoms with Gasteiger partial charge in [0, 0.05) is 0 Å². The van der Waals surface area contributed by atoms with E-state index >= 15 is 0 Å². The van der Waals surface area contributed by atoms with Crippen LogP contribution in [-0.4, -0.2) is 0 Å². The predicted octanol–water partition coefficient (Wildman–Crippen LogP) is 7.52. The molecule has 130 valence electrons. The molecule has 26 heavy (non-hydrogen) atoms. The Morgan fingerprint density at radius 3 is 1.92 bits per heavy atom. The standard InChI is InChI=1S/C26H26/c1-5-18-14-21-12-8-9-13-22(21)23(15-18)24-16-19-10-6-7-11-20(19)17-25(24)26(2,3)4/h6-17H,5H2,1-4H3. The van der Waals surface area contributed by atoms with Crippen molar-refractivity contribution in [1.29, 1.82) is 0 Å². The van der Waals surface area contributed by atoms with E-state index in [4.69, 9.17) is 0 Å². The maximum atomic E-state index is 2.39. The van der Waals surface area contributed by atoms with Gasteiger partial charge in [0.15, 0.2) is 0 Å². The molecule has 4 aromatic carbocycles. The van der Waals surface area contributed by atoms with Crippen LogP contribution in [0.4, 0.5) is 0 Å². The number of fused-ring (bicyclic) bond motifs is 2. The lowest BCUT2D eigenvalue weighted by Gasteiger charge is -2.25. The summed E-state index contributed by atoms with van der Waals surface area (Å²) in [6, 6.07) is 27.0. The van der Waals surface area contributed by atoms with Gasteiger partial charge >= 0.3 is 0 Å². The van der Waals surface area contributed by atoms with Gasteiger partial charge in [-0.3, -0.25) is 0 Å². The summed E-state index contributed by atoms with van der Waals surface area (Å²) in [4.78, 5) is 0. The van der Waals surface area contributed by atoms with Gasteiger partial charge in [0.05, 0.1) is 0 Å². The summed E-state index contributed by atoms with van der Waals surface area (Å²) in [5.41, 5.74) is 5.61. The van der Waals surface area contributed by atoms with Crippen molar-refractivity contribution in [2.24, 2.45) is 0 Å². The molecule has 0 N–H and O–H groups in total. The van der Waals surface area contributed by atoms with E-state index in [1.807, 2.05) is 0 Å². The highest BCUT2D eigenvalue weighted by Crippen LogP contribution is 2.39. The van der Waals surface area contributed by atoms with Crippen LogP contribution in [0.5, 0.6) is 0 Å². The van der Waals surface area contributed by atoms with Gasteiger partial charge in [0.1, 0.15) is 0 Å². The van der Waals surface area contributed by atoms with E-state index in [2.05, 4.69) is 100 Å². The van der Waals surface area contributed by atoms with Crippen LogP contribution in [0.15, 0.2) is 72.8 Å². The molecule has 0 atom stereocenters. The molecule has 4 aromatic rings. The smallest absolute Gasteiger partial charge is 0.00995 e. The van der Waals surface area contributed by atoms with E-state index in [0.717, 1.165) is 6.42 Å². The van der Waals surface area contributed by atoms with Crippen molar-refractivity contribution >= 4 is 21.5 Å². The zero-order valence-corrected chi connectivity index (χ0v) is 16.1. The van der Waals surface area contributed by atoms with E-state index in [9.17, 15) is 0 Å². The molecule has 0 bridgehead atoms. The van der Waals surface area contributed by atoms with Crippen LogP contribution >= 0.6 is 0 Å². The van der Waals surface area contributed by atoms with E-state index in [-0.39, 0.29) is 5.41 Å². The van der Waals surface area contributed by atoms with Crippen LogP contribution in [-0.2, 0) is 11.8 Å². The fourth-order valence-electron chi connectivity index (χ4n) is 3.88. The summed E-state index contributed by atoms with van der Waals surface area (Å²) >= 11 is 0. The van der Waals surface area contributed by atoms with Crippen molar-refractivity contribution in [2.45, 2.75) is 39.5 Å². The Morgan fingerprint density at radius 2 is 1.27 bits per heavy atom. The largest absolute Gasteiger partial charge is 0.0616 e. The first-order valence-electron chi connectivity index (χ1n) is 9.52. The first kappa shape index (κ1) is 16.8. The summed E-state index contributed by atoms with van der Waals surface area (Å²) in [6.45, 7) is 9.17. The van der Waals surface area contributed by atoms with Crippen molar-refractivity contribution < 1.29 is 0 Å². The first-order chi connectivity index (χ1) is 12.5. The van der Waals surface area contributed by atoms with Crippen molar-refractivity contribution in [3.05, 3.63) is 83.9 Å². The second-order valence-electron chi connectivity index (χ2n) is 8.21. The third-order valence-corrected chi connectivity index (χ3v) is 5.31. The highest BCUT2D eigenvalue weighted by Gasteiger charge is 2.21. The monoisotopic (exact) mass is 338 g/mol. The van der Waals surface area contributed by atoms with Crippen molar-refractivity contribution in [2.75, 3.05) is 0 Å². The van der Waals surface area contributed by atoms with E-state index < -0.39 is 0 Å². The Bertz CT molecular complexity index is 1090. The maximum Gasteiger partial charge on any atom is -0.00995 e. The first-order valence-corrected chi connectivity index (χ1v) is 9.52. The average molecular weight is 338 g/mol. The average Bonchev–Trinajstić information content (AvgIpc) is 2.65. The molecule has 0 unspecified atom stereocenters. The minimum atomic E-state index is 0.0860. The minimum Gasteiger partial charge on any atom is -0.0616 e. The molecular formula is C26H26. The molecule has 0 aliphatic carbocycles. The second-order valence-corrected chi connectivity index (χ2v) is 8.21. The highest BCUT2D eigenvalue weighted by atomic mass is 14.2. The zero-order valence-electron chi connectivity index (χ0n) is 16.1. The lowest BCUT2D eigenvalue weighted by molar-refractivity contribution is 0.593. The maximum absolute atomic E-state index is 2.39. The van der Waals surface area contributed by atoms with Crippen LogP contribution in [0.3, 0.4) is 0 Å². The molecule has 0 heteroatoms. The minimum absolute atomic E-state index is 0.0860. The normalized spacial score (nSPS) is 12.0. The van der Waals surface area contributed by atoms with E-state index in [1.54, 1.807) is 0 Å². The van der Waals surface area contributed by atoms with E-state index in [0.29, 0.717) is 0 Å². The summed E-state index contributed by atoms with van der Waals surface area (Å²) < 4.78 is 0. The Kier molecular flexibility index (Phi) is 4.07. The fraction of sp³-hybridized carbons (Fsp3) is 0.231. The summed E-state index contributed by atoms with van der Waals surface area (Å²) in [7, 11) is 0. The van der Waals surface area contributed by atoms with Gasteiger partial charge in [-0.25, -0.2) is 0 Å². The van der Waals surface area contributed by atoms with Crippen LogP contribution in [0, 0.1) is 0 Å². The highest BCUT2D eigenvalue weighted by molar-refractivity contribution is 6.01. The van der Waals surface area contributed by atoms with E-state index in [1.165, 1.54) is 43.8 Å². The lowest BCUT2D eigenvalue weighted by atomic mass is 9.79. The molecule has 0 spiro atoms. The topological polar surface area (TPSA) is 0 Å². The Balaban J connectivity index is 2.13. The molecule has 4 rings (SSSR count). The van der Waals surface area contributed by atoms with Gasteiger partial charge < -0.3 is 0 Å². The molecule has 0 aromatic heterocycles. The molecule has 0 aliphatic heterocycles. The molecule has 0 saturated carbocycles. The molecule has 0 fully saturated rings. The third kappa shape index (κ3) is 2.90. The lowest BCUT2D eigenvalue weighted by Crippen LogP contribution is -2.13. The Morgan fingerprint density at radius 1 is 0.654 bits per heavy atom. The van der Waals surface area contributed by atoms with Gasteiger partial charge in [-0.2, -0.15) is 0 Å². The molecule has 0 nitrogen and oxygen atoms in total. The number of hydrogen-bond donors (Lipinski definition) is 0. The molecule has 0 heterocycles. The zero-order chi connectivity index (χ0) is 18.3. The van der Waals surface area contributed by atoms with Crippen LogP contribution in [0.1, 0.15) is 38.8 Å². The Hall–Kier alpha value is -2.60. The van der Waals surface area contributed by atoms with Crippen molar-refractivity contribution in [1.82, 2.24) is 0 Å². The number of hydrogen-bond acceptors (Lipinski definition) is 0. The summed E-state index contributed by atoms with van der Waals surface area (Å²) in [6.07, 6.45) is 1.05. The third-order valence-electron chi connectivity index (χ3n) is 5.31. The second kappa shape index (κ2) is 6.29. The SMILES string of the molecule is CCc1cc(-c2cc3ccccc3cc2C(C)(C)C)c2ccccc2c1. The summed E-state index contributed by atoms with van der Waals surface area (Å²) in [5.74, 6) is 0. The Labute approximate surface area is 156 Å². The van der Waals surface area contributed by atoms with Crippen LogP contribution < -0.4 is 0 Å². The molecule has 0 aliphatic rings. The van der Waals surface area contributed by atoms with Crippen LogP contribution in [0.2, 0.25) is 0 Å². The quantitative estimate of drug-likeness (QED) is 0.354. The van der Waals surface area contributed by atoms with Gasteiger partial charge in [-0.05, 0) is 61.7 Å². The predicted molar refractivity (Wildman–Crippen MR) is 115 cm³/mol. The van der Waals surface area contributed by atoms with Crippen molar-refractivity contribution in [3.8, 4) is 11.1 Å². The van der Waals surface area contributed by atoms with Gasteiger partial charge in [-0.1, -0.05) is 94.4 Å². The summed E-state index contributed by atoms with van der Waals surface area (Å²) in [5, 5.41) is 5.29. The molecule has 0 saturated heterocycles. The van der Waals surface area contributed by atoms with Crippen molar-refractivity contribution in [3.63, 3.8) is 0 Å². The molecular weight excluding hydrogens is 312 g/mol. The number of benzene rings is 4. The fourth-order valence-corrected chi connectivity index (χ4v) is 3.88. The van der Waals surface area contributed by atoms with Gasteiger partial charge in [0.2, 0.25) is 0 Å². The number of aryl methyl sites for hydroxylation is 1. The molecule has 0 radical (unpaired) electrons. The molecule has 0 amide bonds. The van der Waals surface area contributed by atoms with Gasteiger partial charge in [0.25, 0.3) is 0 Å².